The second-order valence-electron chi connectivity index (χ2n) is 3.41. The summed E-state index contributed by atoms with van der Waals surface area (Å²) in [6.07, 6.45) is 2.06. The SMILES string of the molecule is CSc1cc(C(C)C)nc(N)c1C. The normalized spacial score (nSPS) is 10.8. The molecule has 3 heteroatoms. The van der Waals surface area contributed by atoms with Crippen LogP contribution in [0.25, 0.3) is 0 Å². The molecule has 0 atom stereocenters. The first-order valence-electron chi connectivity index (χ1n) is 4.37. The molecule has 0 unspecified atom stereocenters. The van der Waals surface area contributed by atoms with Crippen molar-refractivity contribution in [3.05, 3.63) is 17.3 Å². The van der Waals surface area contributed by atoms with Crippen molar-refractivity contribution in [1.82, 2.24) is 4.98 Å². The summed E-state index contributed by atoms with van der Waals surface area (Å²) in [7, 11) is 0. The molecular formula is C10H16N2S. The van der Waals surface area contributed by atoms with E-state index < -0.39 is 0 Å². The number of hydrogen-bond donors (Lipinski definition) is 1. The maximum Gasteiger partial charge on any atom is 0.127 e. The van der Waals surface area contributed by atoms with Crippen LogP contribution in [0.5, 0.6) is 0 Å². The van der Waals surface area contributed by atoms with E-state index in [0.717, 1.165) is 11.3 Å². The van der Waals surface area contributed by atoms with Crippen molar-refractivity contribution in [3.8, 4) is 0 Å². The quantitative estimate of drug-likeness (QED) is 0.739. The van der Waals surface area contributed by atoms with E-state index in [1.807, 2.05) is 6.92 Å². The zero-order chi connectivity index (χ0) is 10.0. The number of pyridine rings is 1. The molecule has 72 valence electrons. The molecule has 0 bridgehead atoms. The Kier molecular flexibility index (Phi) is 3.20. The van der Waals surface area contributed by atoms with Crippen molar-refractivity contribution in [1.29, 1.82) is 0 Å². The van der Waals surface area contributed by atoms with Crippen molar-refractivity contribution in [3.63, 3.8) is 0 Å². The third kappa shape index (κ3) is 2.15. The second kappa shape index (κ2) is 4.01. The molecule has 0 aromatic carbocycles. The molecule has 0 fully saturated rings. The van der Waals surface area contributed by atoms with E-state index in [-0.39, 0.29) is 0 Å². The van der Waals surface area contributed by atoms with Gasteiger partial charge in [0, 0.05) is 16.2 Å². The lowest BCUT2D eigenvalue weighted by Crippen LogP contribution is -2.01. The van der Waals surface area contributed by atoms with Gasteiger partial charge >= 0.3 is 0 Å². The van der Waals surface area contributed by atoms with E-state index in [1.54, 1.807) is 11.8 Å². The molecule has 13 heavy (non-hydrogen) atoms. The Balaban J connectivity index is 3.22. The summed E-state index contributed by atoms with van der Waals surface area (Å²) < 4.78 is 0. The van der Waals surface area contributed by atoms with Gasteiger partial charge in [-0.05, 0) is 25.2 Å². The summed E-state index contributed by atoms with van der Waals surface area (Å²) in [5.74, 6) is 1.10. The summed E-state index contributed by atoms with van der Waals surface area (Å²) >= 11 is 1.72. The van der Waals surface area contributed by atoms with Crippen LogP contribution in [0, 0.1) is 6.92 Å². The summed E-state index contributed by atoms with van der Waals surface area (Å²) in [5, 5.41) is 0. The molecule has 1 rings (SSSR count). The van der Waals surface area contributed by atoms with Crippen molar-refractivity contribution in [2.45, 2.75) is 31.6 Å². The Hall–Kier alpha value is -0.700. The molecule has 0 aliphatic rings. The number of nitrogen functional groups attached to an aromatic ring is 1. The van der Waals surface area contributed by atoms with Crippen LogP contribution in [0.3, 0.4) is 0 Å². The van der Waals surface area contributed by atoms with Gasteiger partial charge < -0.3 is 5.73 Å². The standard InChI is InChI=1S/C10H16N2S/c1-6(2)8-5-9(13-4)7(3)10(11)12-8/h5-6H,1-4H3,(H2,11,12). The first-order chi connectivity index (χ1) is 6.06. The Morgan fingerprint density at radius 3 is 2.54 bits per heavy atom. The molecule has 0 amide bonds. The monoisotopic (exact) mass is 196 g/mol. The van der Waals surface area contributed by atoms with E-state index in [1.165, 1.54) is 4.90 Å². The number of thioether (sulfide) groups is 1. The van der Waals surface area contributed by atoms with Crippen molar-refractivity contribution >= 4 is 17.6 Å². The number of rotatable bonds is 2. The molecule has 0 aliphatic carbocycles. The third-order valence-electron chi connectivity index (χ3n) is 2.09. The van der Waals surface area contributed by atoms with Crippen molar-refractivity contribution in [2.24, 2.45) is 0 Å². The number of hydrogen-bond acceptors (Lipinski definition) is 3. The Bertz CT molecular complexity index is 308. The van der Waals surface area contributed by atoms with Crippen LogP contribution in [-0.2, 0) is 0 Å². The smallest absolute Gasteiger partial charge is 0.127 e. The molecule has 1 heterocycles. The lowest BCUT2D eigenvalue weighted by atomic mass is 10.1. The predicted molar refractivity (Wildman–Crippen MR) is 59.3 cm³/mol. The Morgan fingerprint density at radius 1 is 1.46 bits per heavy atom. The molecule has 2 nitrogen and oxygen atoms in total. The van der Waals surface area contributed by atoms with Gasteiger partial charge in [-0.1, -0.05) is 13.8 Å². The predicted octanol–water partition coefficient (Wildman–Crippen LogP) is 2.82. The van der Waals surface area contributed by atoms with E-state index in [4.69, 9.17) is 5.73 Å². The lowest BCUT2D eigenvalue weighted by molar-refractivity contribution is 0.817. The van der Waals surface area contributed by atoms with Gasteiger partial charge in [0.2, 0.25) is 0 Å². The Labute approximate surface area is 83.9 Å². The van der Waals surface area contributed by atoms with Crippen molar-refractivity contribution < 1.29 is 0 Å². The van der Waals surface area contributed by atoms with Gasteiger partial charge in [0.25, 0.3) is 0 Å². The summed E-state index contributed by atoms with van der Waals surface area (Å²) in [6.45, 7) is 6.26. The van der Waals surface area contributed by atoms with Gasteiger partial charge in [-0.25, -0.2) is 4.98 Å². The molecule has 2 N–H and O–H groups in total. The molecule has 0 spiro atoms. The third-order valence-corrected chi connectivity index (χ3v) is 2.96. The molecular weight excluding hydrogens is 180 g/mol. The summed E-state index contributed by atoms with van der Waals surface area (Å²) in [6, 6.07) is 2.13. The minimum Gasteiger partial charge on any atom is -0.383 e. The summed E-state index contributed by atoms with van der Waals surface area (Å²) in [5.41, 5.74) is 7.98. The highest BCUT2D eigenvalue weighted by Gasteiger charge is 2.07. The fourth-order valence-electron chi connectivity index (χ4n) is 1.13. The maximum absolute atomic E-state index is 5.81. The topological polar surface area (TPSA) is 38.9 Å². The van der Waals surface area contributed by atoms with Crippen molar-refractivity contribution in [2.75, 3.05) is 12.0 Å². The van der Waals surface area contributed by atoms with Gasteiger partial charge in [-0.3, -0.25) is 0 Å². The van der Waals surface area contributed by atoms with E-state index >= 15 is 0 Å². The van der Waals surface area contributed by atoms with E-state index in [0.29, 0.717) is 11.7 Å². The molecule has 0 saturated heterocycles. The minimum absolute atomic E-state index is 0.439. The van der Waals surface area contributed by atoms with Gasteiger partial charge in [-0.2, -0.15) is 0 Å². The fraction of sp³-hybridized carbons (Fsp3) is 0.500. The highest BCUT2D eigenvalue weighted by molar-refractivity contribution is 7.98. The maximum atomic E-state index is 5.81. The largest absolute Gasteiger partial charge is 0.383 e. The van der Waals surface area contributed by atoms with Crippen LogP contribution in [-0.4, -0.2) is 11.2 Å². The molecule has 1 aromatic rings. The van der Waals surface area contributed by atoms with Crippen LogP contribution < -0.4 is 5.73 Å². The zero-order valence-electron chi connectivity index (χ0n) is 8.59. The van der Waals surface area contributed by atoms with E-state index in [9.17, 15) is 0 Å². The Morgan fingerprint density at radius 2 is 2.08 bits per heavy atom. The minimum atomic E-state index is 0.439. The van der Waals surface area contributed by atoms with Crippen LogP contribution in [0.1, 0.15) is 31.0 Å². The average Bonchev–Trinajstić information content (AvgIpc) is 2.09. The number of nitrogens with two attached hydrogens (primary N) is 1. The fourth-order valence-corrected chi connectivity index (χ4v) is 1.78. The lowest BCUT2D eigenvalue weighted by Gasteiger charge is -2.10. The van der Waals surface area contributed by atoms with Gasteiger partial charge in [0.05, 0.1) is 0 Å². The first-order valence-corrected chi connectivity index (χ1v) is 5.59. The van der Waals surface area contributed by atoms with Crippen LogP contribution >= 0.6 is 11.8 Å². The van der Waals surface area contributed by atoms with Crippen LogP contribution in [0.4, 0.5) is 5.82 Å². The highest BCUT2D eigenvalue weighted by Crippen LogP contribution is 2.26. The number of anilines is 1. The van der Waals surface area contributed by atoms with Crippen LogP contribution in [0.15, 0.2) is 11.0 Å². The average molecular weight is 196 g/mol. The van der Waals surface area contributed by atoms with Gasteiger partial charge in [0.1, 0.15) is 5.82 Å². The highest BCUT2D eigenvalue weighted by atomic mass is 32.2. The zero-order valence-corrected chi connectivity index (χ0v) is 9.40. The molecule has 0 aliphatic heterocycles. The van der Waals surface area contributed by atoms with Crippen LogP contribution in [0.2, 0.25) is 0 Å². The first kappa shape index (κ1) is 10.4. The summed E-state index contributed by atoms with van der Waals surface area (Å²) in [4.78, 5) is 5.58. The molecule has 1 aromatic heterocycles. The molecule has 0 radical (unpaired) electrons. The number of aromatic nitrogens is 1. The molecule has 0 saturated carbocycles. The number of nitrogens with zero attached hydrogens (tertiary/aromatic N) is 1. The second-order valence-corrected chi connectivity index (χ2v) is 4.26. The van der Waals surface area contributed by atoms with Gasteiger partial charge in [-0.15, -0.1) is 11.8 Å². The van der Waals surface area contributed by atoms with Gasteiger partial charge in [0.15, 0.2) is 0 Å². The van der Waals surface area contributed by atoms with E-state index in [2.05, 4.69) is 31.2 Å².